The molecular formula is C57H68N10O17S4. The van der Waals surface area contributed by atoms with Gasteiger partial charge in [0.05, 0.1) is 83.6 Å². The third kappa shape index (κ3) is 24.2. The summed E-state index contributed by atoms with van der Waals surface area (Å²) in [7, 11) is -16.6. The van der Waals surface area contributed by atoms with Gasteiger partial charge in [-0.1, -0.05) is 0 Å². The maximum absolute atomic E-state index is 13.5. The molecule has 6 N–H and O–H groups in total. The number of carbonyl (C=O) groups excluding carboxylic acids is 1. The lowest BCUT2D eigenvalue weighted by Gasteiger charge is -2.14. The molecule has 0 aliphatic rings. The van der Waals surface area contributed by atoms with Crippen LogP contribution < -0.4 is 29.6 Å². The number of rotatable bonds is 32. The van der Waals surface area contributed by atoms with E-state index >= 15 is 0 Å². The van der Waals surface area contributed by atoms with Gasteiger partial charge in [0.15, 0.2) is 0 Å². The summed E-state index contributed by atoms with van der Waals surface area (Å²) < 4.78 is 149. The van der Waals surface area contributed by atoms with Crippen molar-refractivity contribution in [1.29, 1.82) is 0 Å². The maximum atomic E-state index is 13.5. The standard InChI is InChI=1S/C57H68N10O17S4/c1-37-31-49(64-66-53-33-41(5)51(35-55(53)83-23-11-27-87(75,76)77)62-60-43-13-17-45(18-14-43)81-21-7-9-25-85(69,70)71)39(3)29-47(37)58-57(68)59-48-30-40(4)50(32-38(48)2)65-67-54-34-42(6)52(36-56(54)84-24-12-28-88(78,79)80)63-61-44-15-19-46(20-16-44)82-22-8-10-26-86(72,73)74/h13-20,29-36H,7-12,21-28H2,1-6H3,(H2,58,59,68)(H,69,70,71)(H,72,73,74)(H,75,76,77)(H,78,79,80). The van der Waals surface area contributed by atoms with Crippen LogP contribution in [0.2, 0.25) is 0 Å². The number of azo groups is 4. The Bertz CT molecular complexity index is 3780. The fourth-order valence-corrected chi connectivity index (χ4v) is 10.0. The minimum absolute atomic E-state index is 0.0276. The summed E-state index contributed by atoms with van der Waals surface area (Å²) in [4.78, 5) is 13.5. The molecule has 0 saturated heterocycles. The predicted octanol–water partition coefficient (Wildman–Crippen LogP) is 14.2. The third-order valence-corrected chi connectivity index (χ3v) is 15.8. The van der Waals surface area contributed by atoms with Crippen LogP contribution in [0, 0.1) is 41.5 Å². The SMILES string of the molecule is Cc1cc(N=Nc2cc(C)c(NC(=O)Nc3cc(C)c(N=Nc4cc(C)c(N=Nc5ccc(OCCCCS(=O)(=O)O)cc5)cc4OCCCS(=O)(=O)O)cc3C)cc2C)c(OCCCS(=O)(=O)O)cc1N=Nc1ccc(OCCCCS(=O)(=O)O)cc1. The topological polar surface area (TPSA) is 394 Å². The molecule has 88 heavy (non-hydrogen) atoms. The second-order valence-corrected chi connectivity index (χ2v) is 26.4. The Balaban J connectivity index is 1.12. The lowest BCUT2D eigenvalue weighted by Crippen LogP contribution is -2.20. The Hall–Kier alpha value is -8.17. The minimum Gasteiger partial charge on any atom is -0.494 e. The van der Waals surface area contributed by atoms with Crippen molar-refractivity contribution < 1.29 is 75.6 Å². The van der Waals surface area contributed by atoms with Gasteiger partial charge in [0.2, 0.25) is 0 Å². The van der Waals surface area contributed by atoms with Gasteiger partial charge in [0.1, 0.15) is 34.4 Å². The van der Waals surface area contributed by atoms with Crippen molar-refractivity contribution in [1.82, 2.24) is 0 Å². The number of ether oxygens (including phenoxy) is 4. The smallest absolute Gasteiger partial charge is 0.323 e. The highest BCUT2D eigenvalue weighted by molar-refractivity contribution is 7.86. The van der Waals surface area contributed by atoms with Crippen molar-refractivity contribution in [3.8, 4) is 23.0 Å². The van der Waals surface area contributed by atoms with Crippen LogP contribution in [0.4, 0.5) is 61.7 Å². The molecule has 2 amide bonds. The molecule has 0 spiro atoms. The zero-order valence-electron chi connectivity index (χ0n) is 48.9. The van der Waals surface area contributed by atoms with Gasteiger partial charge in [-0.15, -0.1) is 10.2 Å². The molecule has 6 rings (SSSR count). The summed E-state index contributed by atoms with van der Waals surface area (Å²) in [5, 5.41) is 41.2. The molecular weight excluding hydrogens is 1220 g/mol. The summed E-state index contributed by atoms with van der Waals surface area (Å²) >= 11 is 0. The first kappa shape index (κ1) is 68.9. The molecule has 27 nitrogen and oxygen atoms in total. The van der Waals surface area contributed by atoms with Crippen LogP contribution in [0.3, 0.4) is 0 Å². The Labute approximate surface area is 510 Å². The first-order valence-corrected chi connectivity index (χ1v) is 33.7. The summed E-state index contributed by atoms with van der Waals surface area (Å²) in [6.07, 6.45) is 1.28. The predicted molar refractivity (Wildman–Crippen MR) is 332 cm³/mol. The molecule has 0 bridgehead atoms. The van der Waals surface area contributed by atoms with E-state index in [0.29, 0.717) is 103 Å². The fraction of sp³-hybridized carbons (Fsp3) is 0.351. The van der Waals surface area contributed by atoms with Gasteiger partial charge >= 0.3 is 6.03 Å². The average molecular weight is 1290 g/mol. The second-order valence-electron chi connectivity index (χ2n) is 20.1. The Morgan fingerprint density at radius 1 is 0.352 bits per heavy atom. The molecule has 0 heterocycles. The number of hydrogen-bond acceptors (Lipinski definition) is 21. The molecule has 0 radical (unpaired) electrons. The van der Waals surface area contributed by atoms with E-state index in [1.807, 2.05) is 0 Å². The number of nitrogens with one attached hydrogen (secondary N) is 2. The zero-order chi connectivity index (χ0) is 64.2. The molecule has 0 atom stereocenters. The monoisotopic (exact) mass is 1290 g/mol. The molecule has 6 aromatic carbocycles. The summed E-state index contributed by atoms with van der Waals surface area (Å²) in [5.41, 5.74) is 8.18. The highest BCUT2D eigenvalue weighted by Gasteiger charge is 2.17. The largest absolute Gasteiger partial charge is 0.494 e. The van der Waals surface area contributed by atoms with Crippen LogP contribution in [-0.2, 0) is 40.5 Å². The van der Waals surface area contributed by atoms with E-state index in [1.165, 1.54) is 0 Å². The van der Waals surface area contributed by atoms with Gasteiger partial charge in [0.25, 0.3) is 40.5 Å². The molecule has 0 fully saturated rings. The van der Waals surface area contributed by atoms with Crippen LogP contribution in [0.25, 0.3) is 0 Å². The number of benzene rings is 6. The zero-order valence-corrected chi connectivity index (χ0v) is 52.2. The fourth-order valence-electron chi connectivity index (χ4n) is 7.95. The van der Waals surface area contributed by atoms with E-state index in [2.05, 4.69) is 51.5 Å². The highest BCUT2D eigenvalue weighted by Crippen LogP contribution is 2.40. The van der Waals surface area contributed by atoms with E-state index in [4.69, 9.17) is 28.1 Å². The van der Waals surface area contributed by atoms with Gasteiger partial charge in [0, 0.05) is 23.5 Å². The number of unbranched alkanes of at least 4 members (excludes halogenated alkanes) is 2. The molecule has 0 aliphatic carbocycles. The van der Waals surface area contributed by atoms with Crippen molar-refractivity contribution in [3.63, 3.8) is 0 Å². The van der Waals surface area contributed by atoms with Crippen LogP contribution >= 0.6 is 0 Å². The van der Waals surface area contributed by atoms with Gasteiger partial charge < -0.3 is 29.6 Å². The first-order chi connectivity index (χ1) is 41.5. The number of nitrogens with zero attached hydrogens (tertiary/aromatic N) is 8. The minimum atomic E-state index is -4.24. The molecule has 0 aromatic heterocycles. The quantitative estimate of drug-likeness (QED) is 0.0130. The normalized spacial score (nSPS) is 12.4. The molecule has 0 saturated carbocycles. The lowest BCUT2D eigenvalue weighted by molar-refractivity contribution is 0.262. The number of carbonyl (C=O) groups is 1. The number of aryl methyl sites for hydroxylation is 6. The van der Waals surface area contributed by atoms with E-state index in [9.17, 15) is 47.6 Å². The van der Waals surface area contributed by atoms with Crippen molar-refractivity contribution in [2.45, 2.75) is 80.1 Å². The van der Waals surface area contributed by atoms with Gasteiger partial charge in [-0.2, -0.15) is 64.4 Å². The molecule has 31 heteroatoms. The summed E-state index contributed by atoms with van der Waals surface area (Å²) in [6.45, 7) is 11.0. The van der Waals surface area contributed by atoms with Crippen LogP contribution in [0.1, 0.15) is 71.9 Å². The average Bonchev–Trinajstić information content (AvgIpc) is 1.44. The third-order valence-electron chi connectivity index (χ3n) is 12.6. The number of urea groups is 1. The van der Waals surface area contributed by atoms with Crippen molar-refractivity contribution in [2.24, 2.45) is 40.9 Å². The molecule has 472 valence electrons. The van der Waals surface area contributed by atoms with E-state index < -0.39 is 58.0 Å². The molecule has 0 aliphatic heterocycles. The highest BCUT2D eigenvalue weighted by atomic mass is 32.2. The number of hydrogen-bond donors (Lipinski definition) is 6. The Kier molecular flexibility index (Phi) is 24.8. The van der Waals surface area contributed by atoms with E-state index in [-0.39, 0.29) is 86.5 Å². The summed E-state index contributed by atoms with van der Waals surface area (Å²) in [6, 6.07) is 26.3. The van der Waals surface area contributed by atoms with Crippen molar-refractivity contribution in [3.05, 3.63) is 130 Å². The van der Waals surface area contributed by atoms with Crippen LogP contribution in [-0.4, -0.2) is 107 Å². The summed E-state index contributed by atoms with van der Waals surface area (Å²) in [5.74, 6) is -0.291. The van der Waals surface area contributed by atoms with Gasteiger partial charge in [-0.05, 0) is 198 Å². The van der Waals surface area contributed by atoms with Crippen LogP contribution in [0.5, 0.6) is 23.0 Å². The van der Waals surface area contributed by atoms with Crippen molar-refractivity contribution in [2.75, 3.05) is 60.1 Å². The molecule has 6 aromatic rings. The Morgan fingerprint density at radius 3 is 0.989 bits per heavy atom. The van der Waals surface area contributed by atoms with E-state index in [1.54, 1.807) is 139 Å². The number of anilines is 2. The van der Waals surface area contributed by atoms with Gasteiger partial charge in [-0.25, -0.2) is 4.79 Å². The van der Waals surface area contributed by atoms with Crippen molar-refractivity contribution >= 4 is 103 Å². The Morgan fingerprint density at radius 2 is 0.636 bits per heavy atom. The second kappa shape index (κ2) is 31.7. The van der Waals surface area contributed by atoms with E-state index in [0.717, 1.165) is 0 Å². The van der Waals surface area contributed by atoms with Crippen LogP contribution in [0.15, 0.2) is 138 Å². The molecule has 0 unspecified atom stereocenters. The van der Waals surface area contributed by atoms with Gasteiger partial charge in [-0.3, -0.25) is 18.2 Å². The first-order valence-electron chi connectivity index (χ1n) is 27.2. The maximum Gasteiger partial charge on any atom is 0.323 e. The lowest BCUT2D eigenvalue weighted by atomic mass is 10.1. The number of amides is 2.